The monoisotopic (exact) mass is 472 g/mol. The Bertz CT molecular complexity index is 707. The fraction of sp³-hybridized carbons (Fsp3) is 0.826. The first-order valence-electron chi connectivity index (χ1n) is 11.2. The quantitative estimate of drug-likeness (QED) is 0.423. The zero-order valence-electron chi connectivity index (χ0n) is 21.4. The third-order valence-corrected chi connectivity index (χ3v) is 11.3. The number of amides is 1. The molecule has 1 aromatic rings. The number of aliphatic hydroxyl groups excluding tert-OH is 1. The molecule has 0 fully saturated rings. The van der Waals surface area contributed by atoms with Crippen molar-refractivity contribution in [3.05, 3.63) is 16.1 Å². The Morgan fingerprint density at radius 2 is 1.81 bits per heavy atom. The number of hydrogen-bond donors (Lipinski definition) is 1. The van der Waals surface area contributed by atoms with E-state index in [1.54, 1.807) is 4.90 Å². The lowest BCUT2D eigenvalue weighted by atomic mass is 9.96. The molecule has 0 aliphatic heterocycles. The topological polar surface area (TPSA) is 71.9 Å². The maximum Gasteiger partial charge on any atom is 0.410 e. The predicted molar refractivity (Wildman–Crippen MR) is 131 cm³/mol. The molecule has 0 aliphatic carbocycles. The van der Waals surface area contributed by atoms with E-state index in [1.807, 2.05) is 33.1 Å². The van der Waals surface area contributed by atoms with Gasteiger partial charge in [0.2, 0.25) is 0 Å². The van der Waals surface area contributed by atoms with Crippen LogP contribution in [0.1, 0.15) is 85.5 Å². The molecule has 1 N–H and O–H groups in total. The first kappa shape index (κ1) is 28.1. The number of hydrogen-bond acceptors (Lipinski definition) is 6. The Balaban J connectivity index is 2.87. The first-order valence-corrected chi connectivity index (χ1v) is 15.0. The molecule has 0 bridgehead atoms. The summed E-state index contributed by atoms with van der Waals surface area (Å²) in [6.07, 6.45) is -0.667. The fourth-order valence-electron chi connectivity index (χ4n) is 2.92. The van der Waals surface area contributed by atoms with Crippen LogP contribution in [0, 0.1) is 5.92 Å². The van der Waals surface area contributed by atoms with E-state index < -0.39 is 20.0 Å². The molecule has 2 atom stereocenters. The van der Waals surface area contributed by atoms with Crippen molar-refractivity contribution in [2.75, 3.05) is 6.54 Å². The van der Waals surface area contributed by atoms with Crippen molar-refractivity contribution in [2.45, 2.75) is 111 Å². The number of carbonyl (C=O) groups excluding carboxylic acids is 1. The second-order valence-electron chi connectivity index (χ2n) is 11.1. The summed E-state index contributed by atoms with van der Waals surface area (Å²) in [5, 5.41) is 13.7. The van der Waals surface area contributed by atoms with E-state index in [-0.39, 0.29) is 23.1 Å². The highest BCUT2D eigenvalue weighted by atomic mass is 32.1. The molecule has 6 nitrogen and oxygen atoms in total. The van der Waals surface area contributed by atoms with Gasteiger partial charge >= 0.3 is 6.09 Å². The first-order chi connectivity index (χ1) is 14.0. The average Bonchev–Trinajstić information content (AvgIpc) is 3.06. The minimum Gasteiger partial charge on any atom is -0.444 e. The van der Waals surface area contributed by atoms with Gasteiger partial charge < -0.3 is 19.2 Å². The fourth-order valence-corrected chi connectivity index (χ4v) is 4.66. The average molecular weight is 473 g/mol. The summed E-state index contributed by atoms with van der Waals surface area (Å²) in [7, 11) is -1.85. The Labute approximate surface area is 194 Å². The molecule has 1 aromatic heterocycles. The molecule has 1 amide bonds. The molecule has 0 aliphatic rings. The van der Waals surface area contributed by atoms with Gasteiger partial charge in [0.25, 0.3) is 0 Å². The second-order valence-corrected chi connectivity index (χ2v) is 16.8. The van der Waals surface area contributed by atoms with Gasteiger partial charge in [-0.3, -0.25) is 0 Å². The van der Waals surface area contributed by atoms with Crippen molar-refractivity contribution >= 4 is 25.7 Å². The molecule has 0 aromatic carbocycles. The smallest absolute Gasteiger partial charge is 0.410 e. The molecule has 0 unspecified atom stereocenters. The number of aliphatic hydroxyl groups is 1. The zero-order chi connectivity index (χ0) is 24.2. The SMILES string of the molecule is CCN(C(=O)OC(C)(C)C)[C@H](C[C@@H](O)c1nc(CO[Si](C)(C)C(C)(C)C)cs1)C(C)C. The number of aromatic nitrogens is 1. The van der Waals surface area contributed by atoms with E-state index in [2.05, 4.69) is 52.7 Å². The Morgan fingerprint density at radius 3 is 2.26 bits per heavy atom. The molecule has 1 rings (SSSR count). The number of rotatable bonds is 9. The van der Waals surface area contributed by atoms with Crippen LogP contribution >= 0.6 is 11.3 Å². The summed E-state index contributed by atoms with van der Waals surface area (Å²) >= 11 is 1.45. The van der Waals surface area contributed by atoms with E-state index in [0.717, 1.165) is 5.69 Å². The minimum absolute atomic E-state index is 0.140. The van der Waals surface area contributed by atoms with Gasteiger partial charge in [0.05, 0.1) is 12.3 Å². The van der Waals surface area contributed by atoms with Crippen LogP contribution in [0.3, 0.4) is 0 Å². The Morgan fingerprint density at radius 1 is 1.23 bits per heavy atom. The number of ether oxygens (including phenoxy) is 1. The van der Waals surface area contributed by atoms with Gasteiger partial charge in [-0.1, -0.05) is 34.6 Å². The lowest BCUT2D eigenvalue weighted by Gasteiger charge is -2.36. The van der Waals surface area contributed by atoms with E-state index in [4.69, 9.17) is 9.16 Å². The third-order valence-electron chi connectivity index (χ3n) is 5.84. The van der Waals surface area contributed by atoms with Crippen LogP contribution in [0.4, 0.5) is 4.79 Å². The molecule has 0 saturated carbocycles. The van der Waals surface area contributed by atoms with Crippen molar-refractivity contribution < 1.29 is 19.1 Å². The zero-order valence-corrected chi connectivity index (χ0v) is 23.2. The largest absolute Gasteiger partial charge is 0.444 e. The van der Waals surface area contributed by atoms with Gasteiger partial charge in [-0.25, -0.2) is 9.78 Å². The summed E-state index contributed by atoms with van der Waals surface area (Å²) < 4.78 is 11.8. The summed E-state index contributed by atoms with van der Waals surface area (Å²) in [6, 6.07) is -0.148. The molecule has 8 heteroatoms. The van der Waals surface area contributed by atoms with Gasteiger partial charge in [-0.05, 0) is 51.7 Å². The molecular weight excluding hydrogens is 428 g/mol. The van der Waals surface area contributed by atoms with Crippen molar-refractivity contribution in [3.63, 3.8) is 0 Å². The normalized spacial score (nSPS) is 15.1. The Kier molecular flexibility index (Phi) is 9.75. The molecule has 0 saturated heterocycles. The van der Waals surface area contributed by atoms with Gasteiger partial charge in [0.15, 0.2) is 8.32 Å². The molecule has 31 heavy (non-hydrogen) atoms. The van der Waals surface area contributed by atoms with Crippen LogP contribution in [0.25, 0.3) is 0 Å². The van der Waals surface area contributed by atoms with Crippen molar-refractivity contribution in [1.82, 2.24) is 9.88 Å². The summed E-state index contributed by atoms with van der Waals surface area (Å²) in [4.78, 5) is 19.1. The lowest BCUT2D eigenvalue weighted by molar-refractivity contribution is 0.00458. The third kappa shape index (κ3) is 8.48. The van der Waals surface area contributed by atoms with Gasteiger partial charge in [0, 0.05) is 24.4 Å². The maximum atomic E-state index is 12.7. The van der Waals surface area contributed by atoms with Gasteiger partial charge in [-0.15, -0.1) is 11.3 Å². The number of thiazole rings is 1. The lowest BCUT2D eigenvalue weighted by Crippen LogP contribution is -2.46. The number of nitrogens with zero attached hydrogens (tertiary/aromatic N) is 2. The highest BCUT2D eigenvalue weighted by Crippen LogP contribution is 2.37. The van der Waals surface area contributed by atoms with Crippen LogP contribution in [0.5, 0.6) is 0 Å². The molecule has 0 spiro atoms. The van der Waals surface area contributed by atoms with Crippen molar-refractivity contribution in [2.24, 2.45) is 5.92 Å². The highest BCUT2D eigenvalue weighted by Gasteiger charge is 2.37. The maximum absolute atomic E-state index is 12.7. The second kappa shape index (κ2) is 10.8. The van der Waals surface area contributed by atoms with E-state index >= 15 is 0 Å². The predicted octanol–water partition coefficient (Wildman–Crippen LogP) is 6.37. The molecule has 0 radical (unpaired) electrons. The standard InChI is InChI=1S/C23H44N2O4SSi/c1-12-25(21(27)29-22(4,5)6)18(16(2)3)13-19(26)20-24-17(15-30-20)14-28-31(10,11)23(7,8)9/h15-16,18-19,26H,12-14H2,1-11H3/t18-,19-/m1/s1. The molecule has 180 valence electrons. The van der Waals surface area contributed by atoms with Crippen LogP contribution in [0.2, 0.25) is 18.1 Å². The van der Waals surface area contributed by atoms with E-state index in [9.17, 15) is 9.90 Å². The van der Waals surface area contributed by atoms with Gasteiger partial charge in [0.1, 0.15) is 16.7 Å². The number of carbonyl (C=O) groups is 1. The van der Waals surface area contributed by atoms with Crippen LogP contribution in [-0.4, -0.2) is 47.6 Å². The summed E-state index contributed by atoms with van der Waals surface area (Å²) in [5.74, 6) is 0.170. The van der Waals surface area contributed by atoms with Crippen LogP contribution in [0.15, 0.2) is 5.38 Å². The minimum atomic E-state index is -1.85. The summed E-state index contributed by atoms with van der Waals surface area (Å²) in [5.41, 5.74) is 0.295. The van der Waals surface area contributed by atoms with E-state index in [0.29, 0.717) is 24.6 Å². The highest BCUT2D eigenvalue weighted by molar-refractivity contribution is 7.09. The van der Waals surface area contributed by atoms with Crippen LogP contribution in [-0.2, 0) is 15.8 Å². The molecule has 1 heterocycles. The van der Waals surface area contributed by atoms with Gasteiger partial charge in [-0.2, -0.15) is 0 Å². The van der Waals surface area contributed by atoms with E-state index in [1.165, 1.54) is 11.3 Å². The van der Waals surface area contributed by atoms with Crippen molar-refractivity contribution in [1.29, 1.82) is 0 Å². The molecular formula is C23H44N2O4SSi. The van der Waals surface area contributed by atoms with Crippen molar-refractivity contribution in [3.8, 4) is 0 Å². The summed E-state index contributed by atoms with van der Waals surface area (Å²) in [6.45, 7) is 23.7. The Hall–Kier alpha value is -0.963. The van der Waals surface area contributed by atoms with Crippen LogP contribution < -0.4 is 0 Å².